The first-order valence-corrected chi connectivity index (χ1v) is 9.31. The zero-order valence-electron chi connectivity index (χ0n) is 14.5. The van der Waals surface area contributed by atoms with Crippen LogP contribution in [0.4, 0.5) is 0 Å². The highest BCUT2D eigenvalue weighted by Gasteiger charge is 2.57. The van der Waals surface area contributed by atoms with Gasteiger partial charge in [0.2, 0.25) is 5.91 Å². The maximum Gasteiger partial charge on any atom is 0.258 e. The third kappa shape index (κ3) is 2.83. The van der Waals surface area contributed by atoms with Crippen LogP contribution in [0.5, 0.6) is 0 Å². The molecule has 1 aromatic heterocycles. The van der Waals surface area contributed by atoms with Crippen molar-refractivity contribution in [2.24, 2.45) is 0 Å². The van der Waals surface area contributed by atoms with Gasteiger partial charge in [-0.3, -0.25) is 19.2 Å². The summed E-state index contributed by atoms with van der Waals surface area (Å²) in [5.41, 5.74) is 3.86. The summed E-state index contributed by atoms with van der Waals surface area (Å²) >= 11 is 12.3. The first kappa shape index (κ1) is 18.0. The molecular weight excluding hydrogens is 385 g/mol. The molecule has 0 spiro atoms. The minimum absolute atomic E-state index is 0.0306. The number of hydrogen-bond donors (Lipinski definition) is 1. The fourth-order valence-corrected chi connectivity index (χ4v) is 3.91. The molecule has 3 aromatic rings. The molecule has 2 heterocycles. The first-order chi connectivity index (χ1) is 12.9. The Balaban J connectivity index is 1.53. The number of alkyl halides is 1. The predicted octanol–water partition coefficient (Wildman–Crippen LogP) is 3.80. The van der Waals surface area contributed by atoms with Crippen LogP contribution < -0.4 is 5.43 Å². The summed E-state index contributed by atoms with van der Waals surface area (Å²) in [5, 5.41) is 2.30. The van der Waals surface area contributed by atoms with Crippen LogP contribution in [0.1, 0.15) is 17.3 Å². The molecule has 1 saturated heterocycles. The number of carbonyl (C=O) groups is 2. The summed E-state index contributed by atoms with van der Waals surface area (Å²) in [7, 11) is 0. The van der Waals surface area contributed by atoms with E-state index in [-0.39, 0.29) is 18.4 Å². The molecular formula is C20H17Cl2N3O2. The smallest absolute Gasteiger partial charge is 0.258 e. The van der Waals surface area contributed by atoms with E-state index < -0.39 is 10.9 Å². The normalized spacial score (nSPS) is 22.1. The maximum atomic E-state index is 12.7. The quantitative estimate of drug-likeness (QED) is 0.534. The van der Waals surface area contributed by atoms with E-state index in [4.69, 9.17) is 23.2 Å². The van der Waals surface area contributed by atoms with Crippen molar-refractivity contribution in [2.45, 2.75) is 17.8 Å². The topological polar surface area (TPSA) is 54.3 Å². The number of nitrogens with zero attached hydrogens (tertiary/aromatic N) is 2. The molecule has 7 heteroatoms. The second-order valence-corrected chi connectivity index (χ2v) is 7.54. The van der Waals surface area contributed by atoms with Crippen molar-refractivity contribution in [1.29, 1.82) is 0 Å². The summed E-state index contributed by atoms with van der Waals surface area (Å²) < 4.78 is 1.57. The van der Waals surface area contributed by atoms with Crippen molar-refractivity contribution in [1.82, 2.24) is 15.0 Å². The van der Waals surface area contributed by atoms with Gasteiger partial charge in [0, 0.05) is 16.6 Å². The number of aromatic nitrogens is 1. The lowest BCUT2D eigenvalue weighted by Crippen LogP contribution is -2.73. The van der Waals surface area contributed by atoms with E-state index >= 15 is 0 Å². The number of fused-ring (bicyclic) bond motifs is 1. The molecule has 2 atom stereocenters. The van der Waals surface area contributed by atoms with Gasteiger partial charge in [-0.25, -0.2) is 5.43 Å². The number of carbonyl (C=O) groups excluding carboxylic acids is 2. The van der Waals surface area contributed by atoms with Crippen molar-refractivity contribution >= 4 is 45.9 Å². The van der Waals surface area contributed by atoms with E-state index in [0.29, 0.717) is 5.02 Å². The van der Waals surface area contributed by atoms with Crippen LogP contribution in [-0.2, 0) is 10.3 Å². The molecule has 2 unspecified atom stereocenters. The van der Waals surface area contributed by atoms with Crippen molar-refractivity contribution in [2.75, 3.05) is 6.54 Å². The Morgan fingerprint density at radius 3 is 2.59 bits per heavy atom. The maximum absolute atomic E-state index is 12.7. The lowest BCUT2D eigenvalue weighted by molar-refractivity contribution is -0.162. The molecule has 4 rings (SSSR count). The molecule has 1 amide bonds. The average Bonchev–Trinajstić information content (AvgIpc) is 3.12. The van der Waals surface area contributed by atoms with E-state index in [1.807, 2.05) is 49.4 Å². The molecule has 138 valence electrons. The van der Waals surface area contributed by atoms with Crippen molar-refractivity contribution < 1.29 is 9.59 Å². The lowest BCUT2D eigenvalue weighted by Gasteiger charge is -2.53. The second-order valence-electron chi connectivity index (χ2n) is 6.66. The number of hydrazine groups is 1. The van der Waals surface area contributed by atoms with Crippen molar-refractivity contribution in [3.8, 4) is 0 Å². The number of benzene rings is 2. The summed E-state index contributed by atoms with van der Waals surface area (Å²) in [5.74, 6) is -0.431. The molecule has 2 aromatic carbocycles. The van der Waals surface area contributed by atoms with Gasteiger partial charge >= 0.3 is 0 Å². The van der Waals surface area contributed by atoms with Crippen LogP contribution >= 0.6 is 23.2 Å². The monoisotopic (exact) mass is 401 g/mol. The fourth-order valence-electron chi connectivity index (χ4n) is 3.47. The van der Waals surface area contributed by atoms with Gasteiger partial charge in [-0.2, -0.15) is 0 Å². The molecule has 1 fully saturated rings. The number of β-lactam (4-membered cyclic amide) rings is 1. The Kier molecular flexibility index (Phi) is 4.46. The number of hydrogen-bond acceptors (Lipinski definition) is 3. The first-order valence-electron chi connectivity index (χ1n) is 8.50. The van der Waals surface area contributed by atoms with E-state index in [0.717, 1.165) is 16.5 Å². The lowest BCUT2D eigenvalue weighted by atomic mass is 9.80. The summed E-state index contributed by atoms with van der Waals surface area (Å²) in [4.78, 5) is 25.0. The standard InChI is InChI=1S/C20H17Cl2N3O2/c1-20(14-6-8-15(21)9-7-14)18(22)19(27)25(20)23-12-17(26)24-11-10-13-4-2-3-5-16(13)24/h2-11,18,23H,12H2,1H3. The average molecular weight is 402 g/mol. The molecule has 5 nitrogen and oxygen atoms in total. The summed E-state index contributed by atoms with van der Waals surface area (Å²) in [6.07, 6.45) is 1.73. The number of halogens is 2. The summed E-state index contributed by atoms with van der Waals surface area (Å²) in [6, 6.07) is 16.7. The minimum Gasteiger partial charge on any atom is -0.286 e. The van der Waals surface area contributed by atoms with Crippen molar-refractivity contribution in [3.63, 3.8) is 0 Å². The molecule has 27 heavy (non-hydrogen) atoms. The Bertz CT molecular complexity index is 1030. The number of nitrogens with one attached hydrogen (secondary N) is 1. The third-order valence-corrected chi connectivity index (χ3v) is 5.94. The fraction of sp³-hybridized carbons (Fsp3) is 0.200. The van der Waals surface area contributed by atoms with Gasteiger partial charge in [-0.15, -0.1) is 11.6 Å². The van der Waals surface area contributed by atoms with E-state index in [1.165, 1.54) is 5.01 Å². The SMILES string of the molecule is CC1(c2ccc(Cl)cc2)C(Cl)C(=O)N1NCC(=O)n1ccc2ccccc21. The van der Waals surface area contributed by atoms with Gasteiger partial charge in [0.05, 0.1) is 12.1 Å². The molecule has 0 bridgehead atoms. The largest absolute Gasteiger partial charge is 0.286 e. The van der Waals surface area contributed by atoms with Crippen LogP contribution in [-0.4, -0.2) is 33.3 Å². The number of rotatable bonds is 4. The Morgan fingerprint density at radius 1 is 1.15 bits per heavy atom. The third-order valence-electron chi connectivity index (χ3n) is 5.08. The Morgan fingerprint density at radius 2 is 1.85 bits per heavy atom. The van der Waals surface area contributed by atoms with Crippen LogP contribution in [0.2, 0.25) is 5.02 Å². The van der Waals surface area contributed by atoms with Crippen LogP contribution in [0.3, 0.4) is 0 Å². The van der Waals surface area contributed by atoms with Gasteiger partial charge in [0.15, 0.2) is 0 Å². The highest BCUT2D eigenvalue weighted by Crippen LogP contribution is 2.43. The van der Waals surface area contributed by atoms with Gasteiger partial charge < -0.3 is 0 Å². The highest BCUT2D eigenvalue weighted by molar-refractivity contribution is 6.34. The van der Waals surface area contributed by atoms with Gasteiger partial charge in [0.25, 0.3) is 5.91 Å². The van der Waals surface area contributed by atoms with Gasteiger partial charge in [0.1, 0.15) is 10.9 Å². The molecule has 0 aliphatic carbocycles. The van der Waals surface area contributed by atoms with E-state index in [1.54, 1.807) is 22.9 Å². The highest BCUT2D eigenvalue weighted by atomic mass is 35.5. The van der Waals surface area contributed by atoms with Crippen molar-refractivity contribution in [3.05, 3.63) is 71.4 Å². The molecule has 0 saturated carbocycles. The van der Waals surface area contributed by atoms with Gasteiger partial charge in [-0.05, 0) is 36.8 Å². The van der Waals surface area contributed by atoms with Crippen LogP contribution in [0, 0.1) is 0 Å². The van der Waals surface area contributed by atoms with Crippen LogP contribution in [0.15, 0.2) is 60.8 Å². The van der Waals surface area contributed by atoms with E-state index in [2.05, 4.69) is 5.43 Å². The minimum atomic E-state index is -0.762. The Hall–Kier alpha value is -2.34. The van der Waals surface area contributed by atoms with Gasteiger partial charge in [-0.1, -0.05) is 41.9 Å². The Labute approximate surface area is 166 Å². The predicted molar refractivity (Wildman–Crippen MR) is 106 cm³/mol. The zero-order chi connectivity index (χ0) is 19.2. The zero-order valence-corrected chi connectivity index (χ0v) is 16.0. The van der Waals surface area contributed by atoms with E-state index in [9.17, 15) is 9.59 Å². The molecule has 1 aliphatic rings. The molecule has 1 N–H and O–H groups in total. The number of para-hydroxylation sites is 1. The number of amides is 1. The van der Waals surface area contributed by atoms with Crippen LogP contribution in [0.25, 0.3) is 10.9 Å². The molecule has 1 aliphatic heterocycles. The second kappa shape index (κ2) is 6.68. The molecule has 0 radical (unpaired) electrons. The summed E-state index contributed by atoms with van der Waals surface area (Å²) in [6.45, 7) is 1.83.